The summed E-state index contributed by atoms with van der Waals surface area (Å²) < 4.78 is 69.8. The van der Waals surface area contributed by atoms with Gasteiger partial charge < -0.3 is 19.2 Å². The average molecular weight is 539 g/mol. The van der Waals surface area contributed by atoms with Crippen LogP contribution in [0.15, 0.2) is 29.4 Å². The fraction of sp³-hybridized carbons (Fsp3) is 0.500. The van der Waals surface area contributed by atoms with Gasteiger partial charge in [-0.3, -0.25) is 0 Å². The molecule has 2 aromatic carbocycles. The number of likely N-dealkylation sites (tertiary alicyclic amines) is 1. The van der Waals surface area contributed by atoms with Crippen LogP contribution >= 0.6 is 0 Å². The van der Waals surface area contributed by atoms with Gasteiger partial charge in [-0.2, -0.15) is 0 Å². The molecule has 208 valence electrons. The molecule has 0 N–H and O–H groups in total. The minimum absolute atomic E-state index is 0.0291. The van der Waals surface area contributed by atoms with Crippen LogP contribution in [0.25, 0.3) is 11.1 Å². The molecule has 0 aromatic heterocycles. The number of carbonyl (C=O) groups excluding carboxylic acids is 1. The second-order valence-corrected chi connectivity index (χ2v) is 11.3. The molecule has 6 nitrogen and oxygen atoms in total. The second kappa shape index (κ2) is 11.6. The quantitative estimate of drug-likeness (QED) is 0.224. The first kappa shape index (κ1) is 29.3. The highest BCUT2D eigenvalue weighted by Crippen LogP contribution is 2.33. The molecule has 3 rings (SSSR count). The number of ether oxygens (including phenoxy) is 2. The summed E-state index contributed by atoms with van der Waals surface area (Å²) in [4.78, 5) is 18.9. The normalized spacial score (nSPS) is 15.2. The Bertz CT molecular complexity index is 1130. The zero-order valence-corrected chi connectivity index (χ0v) is 22.5. The van der Waals surface area contributed by atoms with E-state index in [1.165, 1.54) is 0 Å². The highest BCUT2D eigenvalue weighted by molar-refractivity contribution is 5.81. The van der Waals surface area contributed by atoms with Gasteiger partial charge in [0.2, 0.25) is 0 Å². The number of piperidine rings is 1. The summed E-state index contributed by atoms with van der Waals surface area (Å²) in [7, 11) is 0. The van der Waals surface area contributed by atoms with E-state index in [-0.39, 0.29) is 23.7 Å². The summed E-state index contributed by atoms with van der Waals surface area (Å²) in [5, 5.41) is 3.70. The van der Waals surface area contributed by atoms with Crippen molar-refractivity contribution in [1.82, 2.24) is 4.90 Å². The monoisotopic (exact) mass is 538 g/mol. The van der Waals surface area contributed by atoms with E-state index >= 15 is 0 Å². The van der Waals surface area contributed by atoms with Crippen LogP contribution in [0.5, 0.6) is 5.75 Å². The molecule has 10 heteroatoms. The van der Waals surface area contributed by atoms with Gasteiger partial charge in [0.05, 0.1) is 18.4 Å². The van der Waals surface area contributed by atoms with Crippen LogP contribution in [0.1, 0.15) is 59.9 Å². The fourth-order valence-electron chi connectivity index (χ4n) is 3.84. The van der Waals surface area contributed by atoms with Gasteiger partial charge in [0.25, 0.3) is 0 Å². The van der Waals surface area contributed by atoms with Crippen LogP contribution in [0.2, 0.25) is 0 Å². The zero-order chi connectivity index (χ0) is 28.3. The van der Waals surface area contributed by atoms with E-state index in [9.17, 15) is 22.4 Å². The number of hydrogen-bond donors (Lipinski definition) is 0. The molecule has 1 fully saturated rings. The van der Waals surface area contributed by atoms with Crippen molar-refractivity contribution in [2.45, 2.75) is 65.6 Å². The average Bonchev–Trinajstić information content (AvgIpc) is 2.76. The second-order valence-electron chi connectivity index (χ2n) is 11.3. The zero-order valence-electron chi connectivity index (χ0n) is 22.5. The van der Waals surface area contributed by atoms with Crippen molar-refractivity contribution < 1.29 is 36.7 Å². The van der Waals surface area contributed by atoms with Crippen LogP contribution in [-0.4, -0.2) is 48.1 Å². The van der Waals surface area contributed by atoms with Gasteiger partial charge in [-0.1, -0.05) is 5.16 Å². The number of oxime groups is 1. The Balaban J connectivity index is 1.65. The molecule has 2 aromatic rings. The molecular formula is C28H34F4N2O4. The first-order valence-corrected chi connectivity index (χ1v) is 12.4. The summed E-state index contributed by atoms with van der Waals surface area (Å²) in [6, 6.07) is 3.67. The Morgan fingerprint density at radius 2 is 1.47 bits per heavy atom. The summed E-state index contributed by atoms with van der Waals surface area (Å²) in [6.07, 6.45) is 1.90. The third-order valence-electron chi connectivity index (χ3n) is 5.61. The summed E-state index contributed by atoms with van der Waals surface area (Å²) in [5.74, 6) is -4.81. The van der Waals surface area contributed by atoms with E-state index < -0.39 is 51.9 Å². The summed E-state index contributed by atoms with van der Waals surface area (Å²) in [5.41, 5.74) is -1.96. The van der Waals surface area contributed by atoms with E-state index in [4.69, 9.17) is 14.3 Å². The third kappa shape index (κ3) is 8.10. The van der Waals surface area contributed by atoms with Crippen molar-refractivity contribution in [2.75, 3.05) is 19.7 Å². The highest BCUT2D eigenvalue weighted by atomic mass is 19.1. The van der Waals surface area contributed by atoms with Crippen molar-refractivity contribution in [3.63, 3.8) is 0 Å². The number of carbonyl (C=O) groups is 1. The SMILES string of the molecule is CC(C)(C)O/N=C/c1cc(F)c(-c2cc(F)c(OCC3CCN(C(=O)OC(C)(C)C)CC3)c(F)c2)c(F)c1. The molecule has 1 aliphatic rings. The number of rotatable bonds is 6. The maximum atomic E-state index is 14.8. The highest BCUT2D eigenvalue weighted by Gasteiger charge is 2.28. The van der Waals surface area contributed by atoms with Crippen molar-refractivity contribution in [1.29, 1.82) is 0 Å². The maximum absolute atomic E-state index is 14.8. The van der Waals surface area contributed by atoms with E-state index in [0.717, 1.165) is 30.5 Å². The predicted octanol–water partition coefficient (Wildman–Crippen LogP) is 7.08. The molecule has 38 heavy (non-hydrogen) atoms. The van der Waals surface area contributed by atoms with Crippen molar-refractivity contribution in [3.8, 4) is 16.9 Å². The van der Waals surface area contributed by atoms with Gasteiger partial charge in [-0.05, 0) is 90.1 Å². The lowest BCUT2D eigenvalue weighted by atomic mass is 9.98. The first-order valence-electron chi connectivity index (χ1n) is 12.4. The van der Waals surface area contributed by atoms with Gasteiger partial charge in [-0.15, -0.1) is 0 Å². The molecule has 1 amide bonds. The Morgan fingerprint density at radius 3 is 1.97 bits per heavy atom. The molecule has 0 saturated carbocycles. The van der Waals surface area contributed by atoms with Gasteiger partial charge in [0.15, 0.2) is 17.4 Å². The van der Waals surface area contributed by atoms with Gasteiger partial charge >= 0.3 is 6.09 Å². The lowest BCUT2D eigenvalue weighted by Crippen LogP contribution is -2.42. The van der Waals surface area contributed by atoms with E-state index in [1.807, 2.05) is 0 Å². The van der Waals surface area contributed by atoms with Crippen LogP contribution < -0.4 is 4.74 Å². The lowest BCUT2D eigenvalue weighted by molar-refractivity contribution is 0.00197. The minimum atomic E-state index is -1.07. The summed E-state index contributed by atoms with van der Waals surface area (Å²) >= 11 is 0. The van der Waals surface area contributed by atoms with Crippen molar-refractivity contribution in [2.24, 2.45) is 11.1 Å². The maximum Gasteiger partial charge on any atom is 0.410 e. The van der Waals surface area contributed by atoms with Gasteiger partial charge in [-0.25, -0.2) is 22.4 Å². The minimum Gasteiger partial charge on any atom is -0.487 e. The van der Waals surface area contributed by atoms with Crippen molar-refractivity contribution >= 4 is 12.3 Å². The molecule has 0 bridgehead atoms. The molecule has 0 aliphatic carbocycles. The van der Waals surface area contributed by atoms with Gasteiger partial charge in [0.1, 0.15) is 22.8 Å². The molecule has 1 heterocycles. The Hall–Kier alpha value is -3.30. The Kier molecular flexibility index (Phi) is 8.94. The van der Waals surface area contributed by atoms with Crippen molar-refractivity contribution in [3.05, 3.63) is 53.1 Å². The van der Waals surface area contributed by atoms with Crippen LogP contribution in [0.4, 0.5) is 22.4 Å². The van der Waals surface area contributed by atoms with E-state index in [0.29, 0.717) is 25.9 Å². The number of hydrogen-bond acceptors (Lipinski definition) is 5. The first-order chi connectivity index (χ1) is 17.6. The smallest absolute Gasteiger partial charge is 0.410 e. The topological polar surface area (TPSA) is 60.4 Å². The molecule has 1 saturated heterocycles. The molecule has 0 radical (unpaired) electrons. The number of nitrogens with zero attached hydrogens (tertiary/aromatic N) is 2. The molecule has 0 atom stereocenters. The van der Waals surface area contributed by atoms with Gasteiger partial charge in [0, 0.05) is 18.7 Å². The number of halogens is 4. The molecular weight excluding hydrogens is 504 g/mol. The van der Waals surface area contributed by atoms with Crippen LogP contribution in [0.3, 0.4) is 0 Å². The summed E-state index contributed by atoms with van der Waals surface area (Å²) in [6.45, 7) is 11.6. The number of benzene rings is 2. The number of amides is 1. The van der Waals surface area contributed by atoms with E-state index in [2.05, 4.69) is 5.16 Å². The lowest BCUT2D eigenvalue weighted by Gasteiger charge is -2.33. The Morgan fingerprint density at radius 1 is 0.921 bits per heavy atom. The molecule has 0 unspecified atom stereocenters. The predicted molar refractivity (Wildman–Crippen MR) is 136 cm³/mol. The third-order valence-corrected chi connectivity index (χ3v) is 5.61. The van der Waals surface area contributed by atoms with Crippen LogP contribution in [0, 0.1) is 29.2 Å². The standard InChI is InChI=1S/C28H34F4N2O4/c1-27(2,3)37-26(35)34-9-7-17(8-10-34)16-36-25-22(31)13-19(14-23(25)32)24-20(29)11-18(12-21(24)30)15-33-38-28(4,5)6/h11-15,17H,7-10,16H2,1-6H3/b33-15+. The molecule has 1 aliphatic heterocycles. The van der Waals surface area contributed by atoms with Crippen LogP contribution in [-0.2, 0) is 9.57 Å². The molecule has 0 spiro atoms. The Labute approximate surface area is 220 Å². The van der Waals surface area contributed by atoms with E-state index in [1.54, 1.807) is 46.4 Å². The fourth-order valence-corrected chi connectivity index (χ4v) is 3.84. The largest absolute Gasteiger partial charge is 0.487 e.